The van der Waals surface area contributed by atoms with Crippen molar-refractivity contribution in [2.24, 2.45) is 0 Å². The summed E-state index contributed by atoms with van der Waals surface area (Å²) in [4.78, 5) is 20.8. The first kappa shape index (κ1) is 16.8. The smallest absolute Gasteiger partial charge is 0.253 e. The predicted molar refractivity (Wildman–Crippen MR) is 101 cm³/mol. The van der Waals surface area contributed by atoms with Gasteiger partial charge in [0.05, 0.1) is 11.3 Å². The van der Waals surface area contributed by atoms with Crippen molar-refractivity contribution < 1.29 is 9.53 Å². The number of carbonyl (C=O) groups excluding carboxylic acids is 1. The zero-order valence-electron chi connectivity index (χ0n) is 14.6. The number of fused-ring (bicyclic) bond motifs is 1. The molecule has 27 heavy (non-hydrogen) atoms. The van der Waals surface area contributed by atoms with Gasteiger partial charge in [0.25, 0.3) is 5.91 Å². The molecular weight excluding hydrogens is 340 g/mol. The first-order valence-corrected chi connectivity index (χ1v) is 8.60. The van der Waals surface area contributed by atoms with Gasteiger partial charge in [0.15, 0.2) is 0 Å². The van der Waals surface area contributed by atoms with E-state index in [0.717, 1.165) is 22.7 Å². The maximum Gasteiger partial charge on any atom is 0.253 e. The van der Waals surface area contributed by atoms with Crippen LogP contribution in [0.15, 0.2) is 79.4 Å². The Hall–Kier alpha value is -3.67. The fourth-order valence-electron chi connectivity index (χ4n) is 2.72. The molecule has 0 aliphatic heterocycles. The molecule has 6 heteroatoms. The van der Waals surface area contributed by atoms with Gasteiger partial charge in [0.2, 0.25) is 0 Å². The van der Waals surface area contributed by atoms with Crippen molar-refractivity contribution in [3.8, 4) is 5.75 Å². The molecule has 134 valence electrons. The summed E-state index contributed by atoms with van der Waals surface area (Å²) in [5.41, 5.74) is 3.23. The van der Waals surface area contributed by atoms with Gasteiger partial charge in [-0.25, -0.2) is 4.98 Å². The summed E-state index contributed by atoms with van der Waals surface area (Å²) in [5.74, 6) is 0.609. The van der Waals surface area contributed by atoms with Crippen LogP contribution in [-0.2, 0) is 13.2 Å². The average Bonchev–Trinajstić information content (AvgIpc) is 3.19. The first-order chi connectivity index (χ1) is 13.3. The maximum atomic E-state index is 12.4. The van der Waals surface area contributed by atoms with Crippen LogP contribution in [0.3, 0.4) is 0 Å². The van der Waals surface area contributed by atoms with E-state index in [1.807, 2.05) is 59.1 Å². The van der Waals surface area contributed by atoms with Crippen molar-refractivity contribution in [2.75, 3.05) is 0 Å². The number of rotatable bonds is 6. The number of aromatic nitrogens is 3. The number of benzene rings is 1. The lowest BCUT2D eigenvalue weighted by molar-refractivity contribution is 0.0950. The second kappa shape index (κ2) is 7.70. The van der Waals surface area contributed by atoms with E-state index in [1.54, 1.807) is 24.7 Å². The van der Waals surface area contributed by atoms with E-state index in [9.17, 15) is 4.79 Å². The number of nitrogens with zero attached hydrogens (tertiary/aromatic N) is 3. The zero-order chi connectivity index (χ0) is 18.5. The van der Waals surface area contributed by atoms with Gasteiger partial charge < -0.3 is 14.5 Å². The van der Waals surface area contributed by atoms with Gasteiger partial charge in [0.1, 0.15) is 18.0 Å². The fourth-order valence-corrected chi connectivity index (χ4v) is 2.72. The molecule has 0 aliphatic carbocycles. The highest BCUT2D eigenvalue weighted by Gasteiger charge is 2.07. The molecule has 0 saturated heterocycles. The SMILES string of the molecule is O=C(NCc1cccc(OCc2ccccn2)c1)c1ccc2nccn2c1. The van der Waals surface area contributed by atoms with E-state index in [1.165, 1.54) is 0 Å². The summed E-state index contributed by atoms with van der Waals surface area (Å²) in [6.07, 6.45) is 7.03. The monoisotopic (exact) mass is 358 g/mol. The van der Waals surface area contributed by atoms with Crippen LogP contribution < -0.4 is 10.1 Å². The predicted octanol–water partition coefficient (Wildman–Crippen LogP) is 3.24. The topological polar surface area (TPSA) is 68.5 Å². The van der Waals surface area contributed by atoms with Gasteiger partial charge >= 0.3 is 0 Å². The Bertz CT molecular complexity index is 1060. The molecule has 6 nitrogen and oxygen atoms in total. The molecular formula is C21H18N4O2. The molecule has 0 spiro atoms. The third kappa shape index (κ3) is 4.12. The summed E-state index contributed by atoms with van der Waals surface area (Å²) in [6.45, 7) is 0.823. The van der Waals surface area contributed by atoms with Crippen molar-refractivity contribution in [3.05, 3.63) is 96.2 Å². The Kier molecular flexibility index (Phi) is 4.78. The maximum absolute atomic E-state index is 12.4. The van der Waals surface area contributed by atoms with Gasteiger partial charge in [-0.2, -0.15) is 0 Å². The summed E-state index contributed by atoms with van der Waals surface area (Å²) in [6, 6.07) is 17.0. The molecule has 1 N–H and O–H groups in total. The molecule has 4 rings (SSSR count). The normalized spacial score (nSPS) is 10.7. The second-order valence-electron chi connectivity index (χ2n) is 6.05. The van der Waals surface area contributed by atoms with Crippen LogP contribution in [0.25, 0.3) is 5.65 Å². The molecule has 1 amide bonds. The molecule has 3 aromatic heterocycles. The highest BCUT2D eigenvalue weighted by Crippen LogP contribution is 2.15. The van der Waals surface area contributed by atoms with E-state index >= 15 is 0 Å². The largest absolute Gasteiger partial charge is 0.487 e. The Morgan fingerprint density at radius 2 is 2.00 bits per heavy atom. The van der Waals surface area contributed by atoms with Crippen LogP contribution in [0.5, 0.6) is 5.75 Å². The summed E-state index contributed by atoms with van der Waals surface area (Å²) in [7, 11) is 0. The summed E-state index contributed by atoms with van der Waals surface area (Å²) >= 11 is 0. The highest BCUT2D eigenvalue weighted by molar-refractivity contribution is 5.94. The Morgan fingerprint density at radius 1 is 1.04 bits per heavy atom. The molecule has 3 heterocycles. The summed E-state index contributed by atoms with van der Waals surface area (Å²) < 4.78 is 7.60. The lowest BCUT2D eigenvalue weighted by atomic mass is 10.2. The van der Waals surface area contributed by atoms with E-state index in [-0.39, 0.29) is 5.91 Å². The summed E-state index contributed by atoms with van der Waals surface area (Å²) in [5, 5.41) is 2.93. The Morgan fingerprint density at radius 3 is 2.89 bits per heavy atom. The Balaban J connectivity index is 1.37. The lowest BCUT2D eigenvalue weighted by Crippen LogP contribution is -2.23. The van der Waals surface area contributed by atoms with Crippen molar-refractivity contribution >= 4 is 11.6 Å². The third-order valence-corrected chi connectivity index (χ3v) is 4.12. The molecule has 0 radical (unpaired) electrons. The minimum absolute atomic E-state index is 0.134. The molecule has 0 atom stereocenters. The number of nitrogens with one attached hydrogen (secondary N) is 1. The minimum Gasteiger partial charge on any atom is -0.487 e. The van der Waals surface area contributed by atoms with E-state index in [4.69, 9.17) is 4.74 Å². The van der Waals surface area contributed by atoms with Gasteiger partial charge in [-0.3, -0.25) is 9.78 Å². The number of ether oxygens (including phenoxy) is 1. The van der Waals surface area contributed by atoms with E-state index in [0.29, 0.717) is 18.7 Å². The van der Waals surface area contributed by atoms with Crippen LogP contribution in [0.1, 0.15) is 21.6 Å². The fraction of sp³-hybridized carbons (Fsp3) is 0.0952. The van der Waals surface area contributed by atoms with Crippen LogP contribution in [0.2, 0.25) is 0 Å². The Labute approximate surface area is 156 Å². The van der Waals surface area contributed by atoms with Crippen LogP contribution >= 0.6 is 0 Å². The first-order valence-electron chi connectivity index (χ1n) is 8.60. The van der Waals surface area contributed by atoms with Crippen LogP contribution in [0.4, 0.5) is 0 Å². The van der Waals surface area contributed by atoms with E-state index < -0.39 is 0 Å². The van der Waals surface area contributed by atoms with Crippen LogP contribution in [-0.4, -0.2) is 20.3 Å². The number of amides is 1. The number of hydrogen-bond donors (Lipinski definition) is 1. The average molecular weight is 358 g/mol. The van der Waals surface area contributed by atoms with Crippen LogP contribution in [0, 0.1) is 0 Å². The van der Waals surface area contributed by atoms with Gasteiger partial charge in [-0.05, 0) is 42.0 Å². The zero-order valence-corrected chi connectivity index (χ0v) is 14.6. The number of hydrogen-bond acceptors (Lipinski definition) is 4. The minimum atomic E-state index is -0.134. The third-order valence-electron chi connectivity index (χ3n) is 4.12. The molecule has 0 fully saturated rings. The number of pyridine rings is 2. The second-order valence-corrected chi connectivity index (χ2v) is 6.05. The van der Waals surface area contributed by atoms with Crippen molar-refractivity contribution in [2.45, 2.75) is 13.2 Å². The molecule has 0 unspecified atom stereocenters. The van der Waals surface area contributed by atoms with E-state index in [2.05, 4.69) is 15.3 Å². The quantitative estimate of drug-likeness (QED) is 0.574. The van der Waals surface area contributed by atoms with Gasteiger partial charge in [-0.1, -0.05) is 18.2 Å². The molecule has 0 aliphatic rings. The molecule has 4 aromatic rings. The molecule has 1 aromatic carbocycles. The lowest BCUT2D eigenvalue weighted by Gasteiger charge is -2.09. The highest BCUT2D eigenvalue weighted by atomic mass is 16.5. The molecule has 0 bridgehead atoms. The van der Waals surface area contributed by atoms with Crippen molar-refractivity contribution in [1.29, 1.82) is 0 Å². The number of imidazole rings is 1. The standard InChI is InChI=1S/C21H18N4O2/c26-21(17-7-8-20-23-10-11-25(20)14-17)24-13-16-4-3-6-19(12-16)27-15-18-5-1-2-9-22-18/h1-12,14H,13,15H2,(H,24,26). The van der Waals surface area contributed by atoms with Gasteiger partial charge in [-0.15, -0.1) is 0 Å². The van der Waals surface area contributed by atoms with Crippen molar-refractivity contribution in [3.63, 3.8) is 0 Å². The van der Waals surface area contributed by atoms with Crippen molar-refractivity contribution in [1.82, 2.24) is 19.7 Å². The molecule has 0 saturated carbocycles. The number of carbonyl (C=O) groups is 1. The van der Waals surface area contributed by atoms with Gasteiger partial charge in [0, 0.05) is 31.3 Å².